The second-order valence-corrected chi connectivity index (χ2v) is 8.42. The highest BCUT2D eigenvalue weighted by atomic mass is 16.2. The molecule has 1 unspecified atom stereocenters. The van der Waals surface area contributed by atoms with Gasteiger partial charge < -0.3 is 14.8 Å². The van der Waals surface area contributed by atoms with E-state index in [9.17, 15) is 14.4 Å². The topological polar surface area (TPSA) is 92.5 Å². The second kappa shape index (κ2) is 8.23. The Morgan fingerprint density at radius 2 is 1.81 bits per heavy atom. The van der Waals surface area contributed by atoms with Crippen molar-refractivity contribution in [2.24, 2.45) is 14.1 Å². The third kappa shape index (κ3) is 3.80. The highest BCUT2D eigenvalue weighted by Crippen LogP contribution is 2.27. The summed E-state index contributed by atoms with van der Waals surface area (Å²) in [6.45, 7) is 5.45. The van der Waals surface area contributed by atoms with E-state index in [1.807, 2.05) is 37.2 Å². The fourth-order valence-electron chi connectivity index (χ4n) is 4.18. The molecule has 1 fully saturated rings. The lowest BCUT2D eigenvalue weighted by molar-refractivity contribution is -0.122. The number of aromatic nitrogens is 3. The molecule has 2 amide bonds. The summed E-state index contributed by atoms with van der Waals surface area (Å²) in [7, 11) is 5.42. The van der Waals surface area contributed by atoms with Gasteiger partial charge in [-0.25, -0.2) is 4.68 Å². The Bertz CT molecular complexity index is 1270. The number of carbonyl (C=O) groups is 2. The van der Waals surface area contributed by atoms with Crippen LogP contribution < -0.4 is 10.9 Å². The third-order valence-electron chi connectivity index (χ3n) is 6.49. The number of carbonyl (C=O) groups excluding carboxylic acids is 2. The number of piperazine rings is 1. The molecule has 0 radical (unpaired) electrons. The van der Waals surface area contributed by atoms with Gasteiger partial charge in [0.1, 0.15) is 11.7 Å². The van der Waals surface area contributed by atoms with E-state index in [1.165, 1.54) is 30.4 Å². The number of hydrogen-bond donors (Lipinski definition) is 1. The molecule has 9 heteroatoms. The molecule has 0 aliphatic carbocycles. The molecular formula is C23H28N6O3. The van der Waals surface area contributed by atoms with Crippen LogP contribution in [0.25, 0.3) is 10.9 Å². The minimum atomic E-state index is -0.491. The third-order valence-corrected chi connectivity index (χ3v) is 6.49. The minimum Gasteiger partial charge on any atom is -0.348 e. The van der Waals surface area contributed by atoms with E-state index in [-0.39, 0.29) is 29.6 Å². The Morgan fingerprint density at radius 3 is 2.53 bits per heavy atom. The SMILES string of the molecule is Cc1c(C)n(C)c2ccc(NC(=O)C3CN(C(=O)c4ccc(=O)n(C)n4)CCN3C)cc12. The monoisotopic (exact) mass is 436 g/mol. The molecule has 1 saturated heterocycles. The van der Waals surface area contributed by atoms with Crippen molar-refractivity contribution in [1.29, 1.82) is 0 Å². The van der Waals surface area contributed by atoms with Gasteiger partial charge >= 0.3 is 0 Å². The van der Waals surface area contributed by atoms with Crippen LogP contribution in [0.15, 0.2) is 35.1 Å². The van der Waals surface area contributed by atoms with Gasteiger partial charge in [-0.05, 0) is 50.7 Å². The number of nitrogens with one attached hydrogen (secondary N) is 1. The number of amides is 2. The van der Waals surface area contributed by atoms with Gasteiger partial charge in [0.05, 0.1) is 0 Å². The highest BCUT2D eigenvalue weighted by molar-refractivity contribution is 5.99. The molecule has 2 aromatic heterocycles. The summed E-state index contributed by atoms with van der Waals surface area (Å²) < 4.78 is 3.28. The zero-order valence-corrected chi connectivity index (χ0v) is 19.0. The maximum absolute atomic E-state index is 13.1. The van der Waals surface area contributed by atoms with E-state index in [0.717, 1.165) is 21.3 Å². The van der Waals surface area contributed by atoms with Crippen LogP contribution in [-0.2, 0) is 18.9 Å². The van der Waals surface area contributed by atoms with Crippen LogP contribution in [0.1, 0.15) is 21.7 Å². The van der Waals surface area contributed by atoms with Crippen LogP contribution in [0.4, 0.5) is 5.69 Å². The van der Waals surface area contributed by atoms with E-state index in [0.29, 0.717) is 13.1 Å². The number of fused-ring (bicyclic) bond motifs is 1. The summed E-state index contributed by atoms with van der Waals surface area (Å²) >= 11 is 0. The zero-order valence-electron chi connectivity index (χ0n) is 19.0. The summed E-state index contributed by atoms with van der Waals surface area (Å²) in [5.74, 6) is -0.452. The quantitative estimate of drug-likeness (QED) is 0.668. The van der Waals surface area contributed by atoms with Crippen LogP contribution in [-0.4, -0.2) is 68.7 Å². The molecule has 1 aromatic carbocycles. The predicted molar refractivity (Wildman–Crippen MR) is 123 cm³/mol. The Labute approximate surface area is 186 Å². The highest BCUT2D eigenvalue weighted by Gasteiger charge is 2.33. The molecule has 1 atom stereocenters. The molecule has 1 aliphatic rings. The van der Waals surface area contributed by atoms with Crippen molar-refractivity contribution in [1.82, 2.24) is 24.1 Å². The minimum absolute atomic E-state index is 0.164. The van der Waals surface area contributed by atoms with Crippen molar-refractivity contribution in [2.75, 3.05) is 32.0 Å². The first-order chi connectivity index (χ1) is 15.2. The largest absolute Gasteiger partial charge is 0.348 e. The van der Waals surface area contributed by atoms with Gasteiger partial charge in [0.2, 0.25) is 5.91 Å². The van der Waals surface area contributed by atoms with E-state index in [1.54, 1.807) is 4.90 Å². The summed E-state index contributed by atoms with van der Waals surface area (Å²) in [4.78, 5) is 41.2. The number of aryl methyl sites for hydroxylation is 3. The first kappa shape index (κ1) is 21.8. The standard InChI is InChI=1S/C23H28N6O3/c1-14-15(2)27(4)19-8-6-16(12-17(14)19)24-22(31)20-13-29(11-10-26(20)3)23(32)18-7-9-21(30)28(5)25-18/h6-9,12,20H,10-11,13H2,1-5H3,(H,24,31). The van der Waals surface area contributed by atoms with Crippen LogP contribution in [0.3, 0.4) is 0 Å². The molecule has 9 nitrogen and oxygen atoms in total. The Morgan fingerprint density at radius 1 is 1.06 bits per heavy atom. The summed E-state index contributed by atoms with van der Waals surface area (Å²) in [6.07, 6.45) is 0. The van der Waals surface area contributed by atoms with Crippen LogP contribution in [0.2, 0.25) is 0 Å². The van der Waals surface area contributed by atoms with Crippen molar-refractivity contribution in [3.05, 3.63) is 57.6 Å². The number of likely N-dealkylation sites (N-methyl/N-ethyl adjacent to an activating group) is 1. The Balaban J connectivity index is 1.52. The number of anilines is 1. The Kier molecular flexibility index (Phi) is 5.60. The van der Waals surface area contributed by atoms with E-state index in [2.05, 4.69) is 28.8 Å². The molecule has 3 heterocycles. The lowest BCUT2D eigenvalue weighted by Gasteiger charge is -2.38. The summed E-state index contributed by atoms with van der Waals surface area (Å²) in [5.41, 5.74) is 4.14. The molecule has 0 saturated carbocycles. The zero-order chi connectivity index (χ0) is 23.2. The normalized spacial score (nSPS) is 17.0. The van der Waals surface area contributed by atoms with Gasteiger partial charge in [0, 0.05) is 62.1 Å². The van der Waals surface area contributed by atoms with Gasteiger partial charge in [0.15, 0.2) is 0 Å². The second-order valence-electron chi connectivity index (χ2n) is 8.42. The fraction of sp³-hybridized carbons (Fsp3) is 0.391. The maximum atomic E-state index is 13.1. The molecular weight excluding hydrogens is 408 g/mol. The van der Waals surface area contributed by atoms with Gasteiger partial charge in [0.25, 0.3) is 11.5 Å². The molecule has 3 aromatic rings. The van der Waals surface area contributed by atoms with Crippen LogP contribution >= 0.6 is 0 Å². The fourth-order valence-corrected chi connectivity index (χ4v) is 4.18. The molecule has 0 bridgehead atoms. The van der Waals surface area contributed by atoms with Crippen molar-refractivity contribution < 1.29 is 9.59 Å². The molecule has 4 rings (SSSR count). The maximum Gasteiger partial charge on any atom is 0.274 e. The van der Waals surface area contributed by atoms with Crippen molar-refractivity contribution in [3.63, 3.8) is 0 Å². The van der Waals surface area contributed by atoms with Crippen molar-refractivity contribution in [3.8, 4) is 0 Å². The van der Waals surface area contributed by atoms with Crippen molar-refractivity contribution in [2.45, 2.75) is 19.9 Å². The van der Waals surface area contributed by atoms with Crippen LogP contribution in [0.5, 0.6) is 0 Å². The molecule has 168 valence electrons. The van der Waals surface area contributed by atoms with Crippen molar-refractivity contribution >= 4 is 28.4 Å². The Hall–Kier alpha value is -3.46. The molecule has 1 N–H and O–H groups in total. The van der Waals surface area contributed by atoms with Gasteiger partial charge in [-0.3, -0.25) is 19.3 Å². The lowest BCUT2D eigenvalue weighted by atomic mass is 10.1. The van der Waals surface area contributed by atoms with Crippen LogP contribution in [0, 0.1) is 13.8 Å². The first-order valence-corrected chi connectivity index (χ1v) is 10.6. The first-order valence-electron chi connectivity index (χ1n) is 10.6. The predicted octanol–water partition coefficient (Wildman–Crippen LogP) is 1.28. The number of rotatable bonds is 3. The summed E-state index contributed by atoms with van der Waals surface area (Å²) in [6, 6.07) is 8.17. The average molecular weight is 437 g/mol. The molecule has 32 heavy (non-hydrogen) atoms. The molecule has 1 aliphatic heterocycles. The number of hydrogen-bond acceptors (Lipinski definition) is 5. The smallest absolute Gasteiger partial charge is 0.274 e. The summed E-state index contributed by atoms with van der Waals surface area (Å²) in [5, 5.41) is 8.17. The average Bonchev–Trinajstić information content (AvgIpc) is 2.99. The van der Waals surface area contributed by atoms with E-state index in [4.69, 9.17) is 0 Å². The number of nitrogens with zero attached hydrogens (tertiary/aromatic N) is 5. The lowest BCUT2D eigenvalue weighted by Crippen LogP contribution is -2.57. The number of benzene rings is 1. The van der Waals surface area contributed by atoms with E-state index >= 15 is 0 Å². The van der Waals surface area contributed by atoms with Gasteiger partial charge in [-0.15, -0.1) is 0 Å². The van der Waals surface area contributed by atoms with E-state index < -0.39 is 6.04 Å². The van der Waals surface area contributed by atoms with Gasteiger partial charge in [-0.1, -0.05) is 0 Å². The molecule has 0 spiro atoms. The van der Waals surface area contributed by atoms with Gasteiger partial charge in [-0.2, -0.15) is 5.10 Å².